The third-order valence-corrected chi connectivity index (χ3v) is 6.01. The van der Waals surface area contributed by atoms with Gasteiger partial charge in [0.2, 0.25) is 0 Å². The summed E-state index contributed by atoms with van der Waals surface area (Å²) in [6, 6.07) is 18.3. The van der Waals surface area contributed by atoms with Crippen molar-refractivity contribution in [1.82, 2.24) is 20.1 Å². The van der Waals surface area contributed by atoms with Crippen LogP contribution in [0, 0.1) is 5.92 Å². The molecule has 32 heavy (non-hydrogen) atoms. The van der Waals surface area contributed by atoms with E-state index in [1.165, 1.54) is 5.56 Å². The molecule has 0 aliphatic carbocycles. The third kappa shape index (κ3) is 4.55. The molecule has 1 saturated heterocycles. The van der Waals surface area contributed by atoms with Crippen molar-refractivity contribution in [1.29, 1.82) is 0 Å². The van der Waals surface area contributed by atoms with Crippen LogP contribution in [-0.2, 0) is 11.2 Å². The van der Waals surface area contributed by atoms with Crippen LogP contribution in [-0.4, -0.2) is 40.4 Å². The molecule has 6 nitrogen and oxygen atoms in total. The van der Waals surface area contributed by atoms with Gasteiger partial charge in [-0.1, -0.05) is 18.2 Å². The van der Waals surface area contributed by atoms with Gasteiger partial charge in [0.05, 0.1) is 16.8 Å². The Labute approximate surface area is 187 Å². The molecular weight excluding hydrogens is 400 g/mol. The van der Waals surface area contributed by atoms with Gasteiger partial charge >= 0.3 is 0 Å². The van der Waals surface area contributed by atoms with Crippen molar-refractivity contribution >= 4 is 16.8 Å². The first-order valence-electron chi connectivity index (χ1n) is 11.1. The van der Waals surface area contributed by atoms with E-state index in [0.717, 1.165) is 54.6 Å². The molecule has 1 N–H and O–H groups in total. The number of hydrogen-bond acceptors (Lipinski definition) is 4. The highest BCUT2D eigenvalue weighted by molar-refractivity contribution is 6.05. The van der Waals surface area contributed by atoms with Gasteiger partial charge in [0.25, 0.3) is 5.91 Å². The van der Waals surface area contributed by atoms with Crippen molar-refractivity contribution in [2.75, 3.05) is 19.8 Å². The average molecular weight is 427 g/mol. The molecule has 2 aromatic carbocycles. The highest BCUT2D eigenvalue weighted by Crippen LogP contribution is 2.22. The minimum Gasteiger partial charge on any atom is -0.381 e. The lowest BCUT2D eigenvalue weighted by molar-refractivity contribution is 0.0643. The van der Waals surface area contributed by atoms with E-state index >= 15 is 0 Å². The molecule has 0 atom stereocenters. The summed E-state index contributed by atoms with van der Waals surface area (Å²) in [5, 5.41) is 8.39. The standard InChI is InChI=1S/C26H26N4O2/c31-26(28-18-20-8-13-32-14-9-20)24-17-21(16-22-3-1-10-27-25(22)24)15-19-4-6-23(7-5-19)30-12-2-11-29-30/h1-7,10-12,16-17,20H,8-9,13-15,18H2,(H,28,31). The van der Waals surface area contributed by atoms with E-state index in [9.17, 15) is 4.79 Å². The first-order valence-corrected chi connectivity index (χ1v) is 11.1. The lowest BCUT2D eigenvalue weighted by Crippen LogP contribution is -2.32. The molecule has 3 heterocycles. The summed E-state index contributed by atoms with van der Waals surface area (Å²) in [6.45, 7) is 2.23. The maximum absolute atomic E-state index is 13.1. The molecule has 2 aromatic heterocycles. The number of benzene rings is 2. The second-order valence-corrected chi connectivity index (χ2v) is 8.28. The Morgan fingerprint density at radius 3 is 2.66 bits per heavy atom. The summed E-state index contributed by atoms with van der Waals surface area (Å²) in [6.07, 6.45) is 8.17. The SMILES string of the molecule is O=C(NCC1CCOCC1)c1cc(Cc2ccc(-n3cccn3)cc2)cc2cccnc12. The van der Waals surface area contributed by atoms with Gasteiger partial charge < -0.3 is 10.1 Å². The number of amides is 1. The zero-order chi connectivity index (χ0) is 21.8. The zero-order valence-corrected chi connectivity index (χ0v) is 17.9. The number of nitrogens with one attached hydrogen (secondary N) is 1. The van der Waals surface area contributed by atoms with Gasteiger partial charge in [-0.2, -0.15) is 5.10 Å². The molecule has 1 aliphatic rings. The number of fused-ring (bicyclic) bond motifs is 1. The fourth-order valence-electron chi connectivity index (χ4n) is 4.24. The summed E-state index contributed by atoms with van der Waals surface area (Å²) >= 11 is 0. The minimum absolute atomic E-state index is 0.0592. The largest absolute Gasteiger partial charge is 0.381 e. The fraction of sp³-hybridized carbons (Fsp3) is 0.269. The smallest absolute Gasteiger partial charge is 0.253 e. The third-order valence-electron chi connectivity index (χ3n) is 6.01. The van der Waals surface area contributed by atoms with Crippen LogP contribution in [0.15, 0.2) is 73.2 Å². The second-order valence-electron chi connectivity index (χ2n) is 8.28. The van der Waals surface area contributed by atoms with Crippen molar-refractivity contribution < 1.29 is 9.53 Å². The molecule has 0 saturated carbocycles. The lowest BCUT2D eigenvalue weighted by atomic mass is 9.98. The van der Waals surface area contributed by atoms with Gasteiger partial charge in [0.15, 0.2) is 0 Å². The molecule has 1 amide bonds. The van der Waals surface area contributed by atoms with E-state index < -0.39 is 0 Å². The molecule has 0 spiro atoms. The number of aromatic nitrogens is 3. The number of carbonyl (C=O) groups excluding carboxylic acids is 1. The van der Waals surface area contributed by atoms with Gasteiger partial charge in [0, 0.05) is 43.7 Å². The molecule has 0 radical (unpaired) electrons. The Balaban J connectivity index is 1.37. The van der Waals surface area contributed by atoms with Gasteiger partial charge in [-0.25, -0.2) is 4.68 Å². The Kier molecular flexibility index (Phi) is 5.94. The van der Waals surface area contributed by atoms with Crippen molar-refractivity contribution in [3.63, 3.8) is 0 Å². The van der Waals surface area contributed by atoms with E-state index in [4.69, 9.17) is 4.74 Å². The Morgan fingerprint density at radius 2 is 1.88 bits per heavy atom. The summed E-state index contributed by atoms with van der Waals surface area (Å²) < 4.78 is 7.26. The quantitative estimate of drug-likeness (QED) is 0.503. The fourth-order valence-corrected chi connectivity index (χ4v) is 4.24. The number of ether oxygens (including phenoxy) is 1. The van der Waals surface area contributed by atoms with Crippen molar-refractivity contribution in [3.8, 4) is 5.69 Å². The first-order chi connectivity index (χ1) is 15.8. The average Bonchev–Trinajstić information content (AvgIpc) is 3.38. The predicted octanol–water partition coefficient (Wildman–Crippen LogP) is 4.17. The van der Waals surface area contributed by atoms with Gasteiger partial charge in [-0.05, 0) is 72.7 Å². The van der Waals surface area contributed by atoms with E-state index in [1.54, 1.807) is 12.4 Å². The number of carbonyl (C=O) groups is 1. The minimum atomic E-state index is -0.0592. The number of hydrogen-bond donors (Lipinski definition) is 1. The number of pyridine rings is 1. The van der Waals surface area contributed by atoms with Crippen LogP contribution in [0.1, 0.15) is 34.3 Å². The second kappa shape index (κ2) is 9.32. The van der Waals surface area contributed by atoms with Crippen molar-refractivity contribution in [3.05, 3.63) is 89.9 Å². The van der Waals surface area contributed by atoms with Gasteiger partial charge in [-0.3, -0.25) is 9.78 Å². The molecule has 0 bridgehead atoms. The van der Waals surface area contributed by atoms with Crippen LogP contribution in [0.25, 0.3) is 16.6 Å². The van der Waals surface area contributed by atoms with E-state index in [1.807, 2.05) is 35.1 Å². The van der Waals surface area contributed by atoms with Crippen LogP contribution in [0.2, 0.25) is 0 Å². The van der Waals surface area contributed by atoms with E-state index in [0.29, 0.717) is 18.0 Å². The summed E-state index contributed by atoms with van der Waals surface area (Å²) in [4.78, 5) is 17.6. The van der Waals surface area contributed by atoms with Crippen molar-refractivity contribution in [2.45, 2.75) is 19.3 Å². The first kappa shape index (κ1) is 20.4. The molecule has 4 aromatic rings. The Morgan fingerprint density at radius 1 is 1.03 bits per heavy atom. The molecular formula is C26H26N4O2. The highest BCUT2D eigenvalue weighted by Gasteiger charge is 2.17. The van der Waals surface area contributed by atoms with Crippen LogP contribution in [0.4, 0.5) is 0 Å². The van der Waals surface area contributed by atoms with Crippen molar-refractivity contribution in [2.24, 2.45) is 5.92 Å². The number of nitrogens with zero attached hydrogens (tertiary/aromatic N) is 3. The maximum atomic E-state index is 13.1. The normalized spacial score (nSPS) is 14.5. The monoisotopic (exact) mass is 426 g/mol. The van der Waals surface area contributed by atoms with Crippen LogP contribution in [0.3, 0.4) is 0 Å². The molecule has 1 aliphatic heterocycles. The molecule has 0 unspecified atom stereocenters. The molecule has 6 heteroatoms. The molecule has 162 valence electrons. The topological polar surface area (TPSA) is 69.0 Å². The Bertz CT molecular complexity index is 1200. The summed E-state index contributed by atoms with van der Waals surface area (Å²) in [5.41, 5.74) is 4.67. The Hall–Kier alpha value is -3.51. The van der Waals surface area contributed by atoms with Crippen LogP contribution < -0.4 is 5.32 Å². The van der Waals surface area contributed by atoms with Crippen LogP contribution >= 0.6 is 0 Å². The van der Waals surface area contributed by atoms with E-state index in [-0.39, 0.29) is 5.91 Å². The van der Waals surface area contributed by atoms with Crippen LogP contribution in [0.5, 0.6) is 0 Å². The lowest BCUT2D eigenvalue weighted by Gasteiger charge is -2.22. The van der Waals surface area contributed by atoms with Gasteiger partial charge in [0.1, 0.15) is 0 Å². The summed E-state index contributed by atoms with van der Waals surface area (Å²) in [5.74, 6) is 0.416. The van der Waals surface area contributed by atoms with Gasteiger partial charge in [-0.15, -0.1) is 0 Å². The van der Waals surface area contributed by atoms with E-state index in [2.05, 4.69) is 45.7 Å². The predicted molar refractivity (Wildman–Crippen MR) is 124 cm³/mol. The number of rotatable bonds is 6. The maximum Gasteiger partial charge on any atom is 0.253 e. The zero-order valence-electron chi connectivity index (χ0n) is 17.9. The molecule has 1 fully saturated rings. The summed E-state index contributed by atoms with van der Waals surface area (Å²) in [7, 11) is 0. The highest BCUT2D eigenvalue weighted by atomic mass is 16.5. The molecule has 5 rings (SSSR count).